The van der Waals surface area contributed by atoms with E-state index in [0.29, 0.717) is 10.0 Å². The van der Waals surface area contributed by atoms with Gasteiger partial charge in [-0.2, -0.15) is 0 Å². The Morgan fingerprint density at radius 1 is 1.12 bits per heavy atom. The molecule has 0 atom stereocenters. The van der Waals surface area contributed by atoms with Crippen molar-refractivity contribution in [2.75, 3.05) is 34.2 Å². The van der Waals surface area contributed by atoms with E-state index < -0.39 is 5.97 Å². The van der Waals surface area contributed by atoms with Gasteiger partial charge in [-0.05, 0) is 50.4 Å². The van der Waals surface area contributed by atoms with E-state index in [2.05, 4.69) is 26.5 Å². The molecular weight excluding hydrogens is 324 g/mol. The fourth-order valence-corrected chi connectivity index (χ4v) is 2.90. The molecule has 0 spiro atoms. The Hall–Kier alpha value is -1.10. The van der Waals surface area contributed by atoms with Gasteiger partial charge in [0, 0.05) is 11.6 Å². The number of aryl methyl sites for hydroxylation is 1. The van der Waals surface area contributed by atoms with Gasteiger partial charge in [-0.1, -0.05) is 20.3 Å². The Morgan fingerprint density at radius 2 is 1.67 bits per heavy atom. The SMILES string of the molecule is C1CCNCC1.Cc1cc(C(=O)O)c(C(C)C)cc1[N+](C)(C)C.[Cl-]. The van der Waals surface area contributed by atoms with E-state index in [1.54, 1.807) is 6.07 Å². The summed E-state index contributed by atoms with van der Waals surface area (Å²) >= 11 is 0. The number of piperidine rings is 1. The molecule has 5 heteroatoms. The average molecular weight is 357 g/mol. The molecule has 1 aromatic rings. The first-order chi connectivity index (χ1) is 10.6. The van der Waals surface area contributed by atoms with Crippen molar-refractivity contribution < 1.29 is 22.3 Å². The fourth-order valence-electron chi connectivity index (χ4n) is 2.90. The summed E-state index contributed by atoms with van der Waals surface area (Å²) in [4.78, 5) is 11.2. The molecule has 0 saturated carbocycles. The molecule has 2 N–H and O–H groups in total. The summed E-state index contributed by atoms with van der Waals surface area (Å²) < 4.78 is 0.700. The Bertz CT molecular complexity index is 521. The van der Waals surface area contributed by atoms with Gasteiger partial charge in [-0.25, -0.2) is 4.79 Å². The molecule has 0 aromatic heterocycles. The Balaban J connectivity index is 0.000000635. The summed E-state index contributed by atoms with van der Waals surface area (Å²) in [5.74, 6) is -0.628. The number of nitrogens with zero attached hydrogens (tertiary/aromatic N) is 1. The molecule has 1 aromatic carbocycles. The number of carboxylic acids is 1. The molecule has 1 fully saturated rings. The predicted molar refractivity (Wildman–Crippen MR) is 98.5 cm³/mol. The Morgan fingerprint density at radius 3 is 1.96 bits per heavy atom. The number of hydrogen-bond acceptors (Lipinski definition) is 2. The lowest BCUT2D eigenvalue weighted by atomic mass is 9.93. The van der Waals surface area contributed by atoms with Gasteiger partial charge in [-0.3, -0.25) is 4.48 Å². The number of benzene rings is 1. The second-order valence-corrected chi connectivity index (χ2v) is 7.51. The normalized spacial score (nSPS) is 14.5. The highest BCUT2D eigenvalue weighted by Crippen LogP contribution is 2.30. The molecule has 1 heterocycles. The summed E-state index contributed by atoms with van der Waals surface area (Å²) in [5.41, 5.74) is 3.53. The summed E-state index contributed by atoms with van der Waals surface area (Å²) in [6, 6.07) is 3.82. The molecule has 0 bridgehead atoms. The maximum atomic E-state index is 11.2. The maximum Gasteiger partial charge on any atom is 0.335 e. The van der Waals surface area contributed by atoms with E-state index in [4.69, 9.17) is 0 Å². The number of hydrogen-bond donors (Lipinski definition) is 2. The van der Waals surface area contributed by atoms with Crippen molar-refractivity contribution >= 4 is 11.7 Å². The third kappa shape index (κ3) is 6.80. The monoisotopic (exact) mass is 356 g/mol. The van der Waals surface area contributed by atoms with Crippen LogP contribution in [-0.2, 0) is 0 Å². The lowest BCUT2D eigenvalue weighted by Gasteiger charge is -2.27. The minimum absolute atomic E-state index is 0. The van der Waals surface area contributed by atoms with Crippen LogP contribution in [0.3, 0.4) is 0 Å². The second kappa shape index (κ2) is 10.0. The first kappa shape index (κ1) is 22.9. The van der Waals surface area contributed by atoms with Crippen LogP contribution in [0, 0.1) is 6.92 Å². The van der Waals surface area contributed by atoms with Crippen LogP contribution < -0.4 is 22.2 Å². The third-order valence-corrected chi connectivity index (χ3v) is 4.15. The van der Waals surface area contributed by atoms with Crippen molar-refractivity contribution in [2.24, 2.45) is 0 Å². The highest BCUT2D eigenvalue weighted by atomic mass is 35.5. The zero-order chi connectivity index (χ0) is 17.6. The van der Waals surface area contributed by atoms with Gasteiger partial charge in [0.1, 0.15) is 5.69 Å². The lowest BCUT2D eigenvalue weighted by Crippen LogP contribution is -3.00. The van der Waals surface area contributed by atoms with Crippen molar-refractivity contribution in [2.45, 2.75) is 46.0 Å². The standard InChI is InChI=1S/C14H21NO2.C5H11N.ClH/c1-9(2)11-8-13(15(4,5)6)10(3)7-12(11)14(16)17;1-2-4-6-5-3-1;/h7-9H,1-6H3;6H,1-5H2;1H. The molecule has 1 aliphatic rings. The zero-order valence-corrected chi connectivity index (χ0v) is 16.7. The largest absolute Gasteiger partial charge is 1.00 e. The highest BCUT2D eigenvalue weighted by Gasteiger charge is 2.22. The summed E-state index contributed by atoms with van der Waals surface area (Å²) in [6.45, 7) is 8.52. The molecule has 1 saturated heterocycles. The number of carboxylic acid groups (broad SMARTS) is 1. The number of carbonyl (C=O) groups is 1. The topological polar surface area (TPSA) is 49.3 Å². The van der Waals surface area contributed by atoms with Crippen LogP contribution in [0.1, 0.15) is 60.5 Å². The highest BCUT2D eigenvalue weighted by molar-refractivity contribution is 5.90. The number of nitrogens with one attached hydrogen (secondary N) is 1. The van der Waals surface area contributed by atoms with Gasteiger partial charge in [0.25, 0.3) is 0 Å². The van der Waals surface area contributed by atoms with E-state index in [1.165, 1.54) is 38.0 Å². The molecule has 1 aliphatic heterocycles. The quantitative estimate of drug-likeness (QED) is 0.787. The summed E-state index contributed by atoms with van der Waals surface area (Å²) in [7, 11) is 6.27. The number of halogens is 1. The van der Waals surface area contributed by atoms with Crippen LogP contribution in [0.2, 0.25) is 0 Å². The average Bonchev–Trinajstić information content (AvgIpc) is 2.47. The molecule has 0 radical (unpaired) electrons. The van der Waals surface area contributed by atoms with Crippen LogP contribution in [-0.4, -0.2) is 45.3 Å². The molecular formula is C19H33ClN2O2. The van der Waals surface area contributed by atoms with Gasteiger partial charge in [0.05, 0.1) is 26.7 Å². The summed E-state index contributed by atoms with van der Waals surface area (Å²) in [6.07, 6.45) is 4.22. The van der Waals surface area contributed by atoms with E-state index in [9.17, 15) is 9.90 Å². The van der Waals surface area contributed by atoms with E-state index in [-0.39, 0.29) is 18.3 Å². The molecule has 0 aliphatic carbocycles. The second-order valence-electron chi connectivity index (χ2n) is 7.51. The lowest BCUT2D eigenvalue weighted by molar-refractivity contribution is -0.0000208. The molecule has 4 nitrogen and oxygen atoms in total. The van der Waals surface area contributed by atoms with Gasteiger partial charge in [0.2, 0.25) is 0 Å². The first-order valence-electron chi connectivity index (χ1n) is 8.55. The zero-order valence-electron chi connectivity index (χ0n) is 15.9. The Labute approximate surface area is 153 Å². The van der Waals surface area contributed by atoms with Crippen LogP contribution in [0.25, 0.3) is 0 Å². The smallest absolute Gasteiger partial charge is 0.335 e. The minimum atomic E-state index is -0.843. The molecule has 0 amide bonds. The van der Waals surface area contributed by atoms with E-state index in [1.807, 2.05) is 26.8 Å². The maximum absolute atomic E-state index is 11.2. The van der Waals surface area contributed by atoms with Crippen molar-refractivity contribution in [3.05, 3.63) is 28.8 Å². The van der Waals surface area contributed by atoms with E-state index in [0.717, 1.165) is 11.1 Å². The van der Waals surface area contributed by atoms with Crippen molar-refractivity contribution in [1.82, 2.24) is 9.80 Å². The minimum Gasteiger partial charge on any atom is -1.00 e. The van der Waals surface area contributed by atoms with Gasteiger partial charge in [-0.15, -0.1) is 0 Å². The molecule has 2 rings (SSSR count). The first-order valence-corrected chi connectivity index (χ1v) is 8.55. The molecule has 24 heavy (non-hydrogen) atoms. The van der Waals surface area contributed by atoms with E-state index >= 15 is 0 Å². The van der Waals surface area contributed by atoms with Gasteiger partial charge >= 0.3 is 5.97 Å². The summed E-state index contributed by atoms with van der Waals surface area (Å²) in [5, 5.41) is 12.5. The van der Waals surface area contributed by atoms with Crippen LogP contribution in [0.4, 0.5) is 5.69 Å². The fraction of sp³-hybridized carbons (Fsp3) is 0.632. The number of rotatable bonds is 3. The molecule has 0 unspecified atom stereocenters. The number of aromatic carboxylic acids is 1. The van der Waals surface area contributed by atoms with Crippen molar-refractivity contribution in [1.29, 1.82) is 0 Å². The van der Waals surface area contributed by atoms with Gasteiger partial charge in [0.15, 0.2) is 0 Å². The van der Waals surface area contributed by atoms with Crippen LogP contribution in [0.15, 0.2) is 12.1 Å². The van der Waals surface area contributed by atoms with Gasteiger partial charge < -0.3 is 22.8 Å². The Kier molecular flexibility index (Phi) is 9.56. The van der Waals surface area contributed by atoms with Crippen molar-refractivity contribution in [3.63, 3.8) is 0 Å². The number of quaternary nitrogens is 1. The molecule has 138 valence electrons. The third-order valence-electron chi connectivity index (χ3n) is 4.15. The van der Waals surface area contributed by atoms with Crippen molar-refractivity contribution in [3.8, 4) is 0 Å². The van der Waals surface area contributed by atoms with Crippen LogP contribution in [0.5, 0.6) is 0 Å². The predicted octanol–water partition coefficient (Wildman–Crippen LogP) is 0.777. The van der Waals surface area contributed by atoms with Crippen LogP contribution >= 0.6 is 0 Å².